The van der Waals surface area contributed by atoms with Crippen molar-refractivity contribution in [2.75, 3.05) is 0 Å². The van der Waals surface area contributed by atoms with Crippen molar-refractivity contribution in [3.05, 3.63) is 49.8 Å². The van der Waals surface area contributed by atoms with Crippen molar-refractivity contribution in [1.82, 2.24) is 4.98 Å². The first-order valence-electron chi connectivity index (χ1n) is 4.66. The predicted octanol–water partition coefficient (Wildman–Crippen LogP) is 4.28. The van der Waals surface area contributed by atoms with Gasteiger partial charge in [0.25, 0.3) is 0 Å². The molecule has 0 saturated carbocycles. The number of rotatable bonds is 4. The lowest BCUT2D eigenvalue weighted by molar-refractivity contribution is 0.109. The van der Waals surface area contributed by atoms with Crippen LogP contribution in [0.1, 0.15) is 10.4 Å². The van der Waals surface area contributed by atoms with Crippen LogP contribution in [0.15, 0.2) is 34.9 Å². The zero-order valence-corrected chi connectivity index (χ0v) is 11.5. The average Bonchev–Trinajstić information content (AvgIpc) is 2.67. The van der Waals surface area contributed by atoms with Crippen molar-refractivity contribution in [3.8, 4) is 0 Å². The minimum Gasteiger partial charge on any atom is -0.371 e. The van der Waals surface area contributed by atoms with E-state index in [0.29, 0.717) is 17.7 Å². The molecule has 0 aliphatic heterocycles. The van der Waals surface area contributed by atoms with E-state index in [-0.39, 0.29) is 0 Å². The van der Waals surface area contributed by atoms with Crippen LogP contribution in [0.3, 0.4) is 0 Å². The quantitative estimate of drug-likeness (QED) is 0.839. The average molecular weight is 319 g/mol. The van der Waals surface area contributed by atoms with E-state index in [4.69, 9.17) is 16.3 Å². The molecule has 0 N–H and O–H groups in total. The van der Waals surface area contributed by atoms with Gasteiger partial charge in [0.2, 0.25) is 0 Å². The van der Waals surface area contributed by atoms with E-state index in [1.54, 1.807) is 6.20 Å². The van der Waals surface area contributed by atoms with Gasteiger partial charge in [-0.2, -0.15) is 0 Å². The topological polar surface area (TPSA) is 22.1 Å². The van der Waals surface area contributed by atoms with Crippen molar-refractivity contribution < 1.29 is 4.74 Å². The molecule has 2 aromatic rings. The molecule has 0 saturated heterocycles. The van der Waals surface area contributed by atoms with E-state index in [1.165, 1.54) is 11.3 Å². The van der Waals surface area contributed by atoms with Gasteiger partial charge in [-0.3, -0.25) is 0 Å². The van der Waals surface area contributed by atoms with Crippen molar-refractivity contribution in [2.45, 2.75) is 13.2 Å². The number of aromatic nitrogens is 1. The molecule has 1 heterocycles. The summed E-state index contributed by atoms with van der Waals surface area (Å²) in [6.45, 7) is 1.16. The number of nitrogens with zero attached hydrogens (tertiary/aromatic N) is 1. The molecule has 0 radical (unpaired) electrons. The zero-order chi connectivity index (χ0) is 11.4. The molecule has 0 fully saturated rings. The van der Waals surface area contributed by atoms with Gasteiger partial charge >= 0.3 is 0 Å². The lowest BCUT2D eigenvalue weighted by Crippen LogP contribution is -1.91. The molecule has 84 valence electrons. The van der Waals surface area contributed by atoms with Gasteiger partial charge in [0.1, 0.15) is 0 Å². The maximum absolute atomic E-state index is 5.72. The van der Waals surface area contributed by atoms with Crippen molar-refractivity contribution >= 4 is 38.9 Å². The molecule has 0 spiro atoms. The van der Waals surface area contributed by atoms with E-state index in [1.807, 2.05) is 24.3 Å². The highest BCUT2D eigenvalue weighted by atomic mass is 79.9. The van der Waals surface area contributed by atoms with Crippen molar-refractivity contribution in [2.24, 2.45) is 0 Å². The molecule has 0 unspecified atom stereocenters. The summed E-state index contributed by atoms with van der Waals surface area (Å²) in [6, 6.07) is 8.07. The van der Waals surface area contributed by atoms with Gasteiger partial charge in [0, 0.05) is 10.7 Å². The Morgan fingerprint density at radius 3 is 2.62 bits per heavy atom. The van der Waals surface area contributed by atoms with Gasteiger partial charge in [-0.05, 0) is 17.7 Å². The van der Waals surface area contributed by atoms with Gasteiger partial charge in [-0.25, -0.2) is 4.98 Å². The highest BCUT2D eigenvalue weighted by molar-refractivity contribution is 9.10. The van der Waals surface area contributed by atoms with Crippen molar-refractivity contribution in [1.29, 1.82) is 0 Å². The number of benzene rings is 1. The Hall–Kier alpha value is -0.420. The third kappa shape index (κ3) is 3.56. The number of hydrogen-bond acceptors (Lipinski definition) is 3. The second-order valence-electron chi connectivity index (χ2n) is 3.20. The molecular formula is C11H9BrClNOS. The molecule has 5 heteroatoms. The summed E-state index contributed by atoms with van der Waals surface area (Å²) in [5.74, 6) is 0. The highest BCUT2D eigenvalue weighted by Gasteiger charge is 1.99. The molecule has 1 aromatic carbocycles. The maximum Gasteiger partial charge on any atom is 0.183 e. The number of hydrogen-bond donors (Lipinski definition) is 0. The fraction of sp³-hybridized carbons (Fsp3) is 0.182. The van der Waals surface area contributed by atoms with Gasteiger partial charge in [0.15, 0.2) is 4.47 Å². The summed E-state index contributed by atoms with van der Waals surface area (Å²) in [5.41, 5.74) is 1.15. The SMILES string of the molecule is Clc1ncc(COCc2ccc(Br)cc2)s1. The van der Waals surface area contributed by atoms with E-state index in [0.717, 1.165) is 14.9 Å². The molecule has 1 aromatic heterocycles. The second kappa shape index (κ2) is 5.77. The van der Waals surface area contributed by atoms with Crippen LogP contribution in [-0.4, -0.2) is 4.98 Å². The van der Waals surface area contributed by atoms with E-state index < -0.39 is 0 Å². The van der Waals surface area contributed by atoms with Gasteiger partial charge < -0.3 is 4.74 Å². The van der Waals surface area contributed by atoms with Crippen LogP contribution >= 0.6 is 38.9 Å². The van der Waals surface area contributed by atoms with Crippen LogP contribution in [0.2, 0.25) is 4.47 Å². The molecule has 16 heavy (non-hydrogen) atoms. The molecule has 2 rings (SSSR count). The lowest BCUT2D eigenvalue weighted by atomic mass is 10.2. The van der Waals surface area contributed by atoms with Crippen molar-refractivity contribution in [3.63, 3.8) is 0 Å². The summed E-state index contributed by atoms with van der Waals surface area (Å²) >= 11 is 10.6. The fourth-order valence-corrected chi connectivity index (χ4v) is 2.38. The summed E-state index contributed by atoms with van der Waals surface area (Å²) in [5, 5.41) is 0. The number of thiazole rings is 1. The minimum atomic E-state index is 0.556. The highest BCUT2D eigenvalue weighted by Crippen LogP contribution is 2.19. The van der Waals surface area contributed by atoms with Gasteiger partial charge in [-0.1, -0.05) is 39.7 Å². The minimum absolute atomic E-state index is 0.556. The first-order valence-corrected chi connectivity index (χ1v) is 6.65. The van der Waals surface area contributed by atoms with E-state index >= 15 is 0 Å². The summed E-state index contributed by atoms with van der Waals surface area (Å²) in [7, 11) is 0. The van der Waals surface area contributed by atoms with Crippen LogP contribution in [-0.2, 0) is 18.0 Å². The standard InChI is InChI=1S/C11H9BrClNOS/c12-9-3-1-8(2-4-9)6-15-7-10-5-14-11(13)16-10/h1-5H,6-7H2. The Kier molecular flexibility index (Phi) is 4.35. The monoisotopic (exact) mass is 317 g/mol. The normalized spacial score (nSPS) is 10.6. The molecular weight excluding hydrogens is 310 g/mol. The Labute approximate surface area is 111 Å². The van der Waals surface area contributed by atoms with Crippen LogP contribution in [0.4, 0.5) is 0 Å². The predicted molar refractivity (Wildman–Crippen MR) is 69.8 cm³/mol. The Morgan fingerprint density at radius 1 is 1.25 bits per heavy atom. The van der Waals surface area contributed by atoms with Gasteiger partial charge in [0.05, 0.1) is 18.1 Å². The summed E-state index contributed by atoms with van der Waals surface area (Å²) in [6.07, 6.45) is 1.74. The molecule has 2 nitrogen and oxygen atoms in total. The van der Waals surface area contributed by atoms with E-state index in [9.17, 15) is 0 Å². The third-order valence-electron chi connectivity index (χ3n) is 1.95. The number of ether oxygens (including phenoxy) is 1. The molecule has 0 atom stereocenters. The third-order valence-corrected chi connectivity index (χ3v) is 3.57. The maximum atomic E-state index is 5.72. The van der Waals surface area contributed by atoms with Crippen LogP contribution in [0, 0.1) is 0 Å². The fourth-order valence-electron chi connectivity index (χ4n) is 1.20. The molecule has 0 aliphatic rings. The van der Waals surface area contributed by atoms with Crippen LogP contribution in [0.25, 0.3) is 0 Å². The van der Waals surface area contributed by atoms with Gasteiger partial charge in [-0.15, -0.1) is 11.3 Å². The molecule has 0 aliphatic carbocycles. The lowest BCUT2D eigenvalue weighted by Gasteiger charge is -2.02. The summed E-state index contributed by atoms with van der Waals surface area (Å²) < 4.78 is 7.19. The van der Waals surface area contributed by atoms with Crippen LogP contribution in [0.5, 0.6) is 0 Å². The Morgan fingerprint density at radius 2 is 2.00 bits per heavy atom. The molecule has 0 bridgehead atoms. The molecule has 0 amide bonds. The zero-order valence-electron chi connectivity index (χ0n) is 8.32. The smallest absolute Gasteiger partial charge is 0.183 e. The second-order valence-corrected chi connectivity index (χ2v) is 5.81. The Bertz CT molecular complexity index is 457. The largest absolute Gasteiger partial charge is 0.371 e. The van der Waals surface area contributed by atoms with E-state index in [2.05, 4.69) is 20.9 Å². The van der Waals surface area contributed by atoms with Crippen LogP contribution < -0.4 is 0 Å². The number of halogens is 2. The summed E-state index contributed by atoms with van der Waals surface area (Å²) in [4.78, 5) is 5.00. The Balaban J connectivity index is 1.82. The first-order chi connectivity index (χ1) is 7.74. The first kappa shape index (κ1) is 12.0.